The van der Waals surface area contributed by atoms with E-state index >= 15 is 0 Å². The van der Waals surface area contributed by atoms with Gasteiger partial charge in [-0.2, -0.15) is 0 Å². The number of alkyl halides is 3. The Hall–Kier alpha value is -0.520. The van der Waals surface area contributed by atoms with E-state index in [-0.39, 0.29) is 0 Å². The molecule has 1 rings (SSSR count). The Morgan fingerprint density at radius 2 is 1.83 bits per heavy atom. The quantitative estimate of drug-likeness (QED) is 0.722. The van der Waals surface area contributed by atoms with Gasteiger partial charge in [0, 0.05) is 0 Å². The Bertz CT molecular complexity index is 266. The first-order chi connectivity index (χ1) is 5.50. The van der Waals surface area contributed by atoms with E-state index in [4.69, 9.17) is 34.8 Å². The molecule has 5 nitrogen and oxygen atoms in total. The highest BCUT2D eigenvalue weighted by molar-refractivity contribution is 6.76. The van der Waals surface area contributed by atoms with Crippen molar-refractivity contribution in [2.45, 2.75) is 3.79 Å². The molecule has 66 valence electrons. The van der Waals surface area contributed by atoms with Crippen molar-refractivity contribution in [2.24, 2.45) is 0 Å². The average molecular weight is 229 g/mol. The molecule has 0 unspecified atom stereocenters. The van der Waals surface area contributed by atoms with E-state index in [1.807, 2.05) is 0 Å². The molecule has 1 N–H and O–H groups in total. The molecule has 0 saturated carbocycles. The molecule has 0 saturated heterocycles. The van der Waals surface area contributed by atoms with Gasteiger partial charge in [0.05, 0.1) is 0 Å². The second-order valence-electron chi connectivity index (χ2n) is 1.81. The van der Waals surface area contributed by atoms with Gasteiger partial charge in [0.25, 0.3) is 9.70 Å². The Kier molecular flexibility index (Phi) is 2.76. The number of carbonyl (C=O) groups excluding carboxylic acids is 1. The molecule has 0 aliphatic heterocycles. The Morgan fingerprint density at radius 1 is 1.33 bits per heavy atom. The molecule has 1 aromatic rings. The second kappa shape index (κ2) is 3.47. The summed E-state index contributed by atoms with van der Waals surface area (Å²) in [6.07, 6.45) is 2.52. The maximum absolute atomic E-state index is 10.9. The van der Waals surface area contributed by atoms with Gasteiger partial charge in [-0.15, -0.1) is 10.2 Å². The van der Waals surface area contributed by atoms with Crippen LogP contribution in [0.2, 0.25) is 0 Å². The van der Waals surface area contributed by atoms with Gasteiger partial charge >= 0.3 is 0 Å². The summed E-state index contributed by atoms with van der Waals surface area (Å²) in [6.45, 7) is 0. The van der Waals surface area contributed by atoms with Crippen LogP contribution in [0.25, 0.3) is 0 Å². The third kappa shape index (κ3) is 2.51. The second-order valence-corrected chi connectivity index (χ2v) is 4.09. The summed E-state index contributed by atoms with van der Waals surface area (Å²) in [6, 6.07) is 0. The van der Waals surface area contributed by atoms with Crippen LogP contribution in [0.3, 0.4) is 0 Å². The first kappa shape index (κ1) is 9.57. The topological polar surface area (TPSA) is 59.8 Å². The molecule has 0 aliphatic carbocycles. The van der Waals surface area contributed by atoms with Crippen LogP contribution in [-0.4, -0.2) is 24.6 Å². The van der Waals surface area contributed by atoms with Crippen molar-refractivity contribution in [3.8, 4) is 0 Å². The Morgan fingerprint density at radius 3 is 2.25 bits per heavy atom. The molecule has 8 heteroatoms. The molecule has 12 heavy (non-hydrogen) atoms. The SMILES string of the molecule is O=C(Nn1cnnc1)C(Cl)(Cl)Cl. The zero-order valence-electron chi connectivity index (χ0n) is 5.54. The smallest absolute Gasteiger partial charge is 0.268 e. The summed E-state index contributed by atoms with van der Waals surface area (Å²) in [5.74, 6) is -0.771. The number of aromatic nitrogens is 3. The summed E-state index contributed by atoms with van der Waals surface area (Å²) >= 11 is 15.8. The highest BCUT2D eigenvalue weighted by Crippen LogP contribution is 2.25. The molecule has 1 amide bonds. The van der Waals surface area contributed by atoms with Crippen molar-refractivity contribution in [3.05, 3.63) is 12.7 Å². The molecule has 0 spiro atoms. The number of carbonyl (C=O) groups is 1. The molecule has 1 aromatic heterocycles. The third-order valence-electron chi connectivity index (χ3n) is 0.907. The van der Waals surface area contributed by atoms with E-state index in [1.54, 1.807) is 0 Å². The Balaban J connectivity index is 2.60. The number of hydrogen-bond donors (Lipinski definition) is 1. The lowest BCUT2D eigenvalue weighted by Gasteiger charge is -2.10. The van der Waals surface area contributed by atoms with Gasteiger partial charge in [-0.3, -0.25) is 10.2 Å². The molecular weight excluding hydrogens is 226 g/mol. The fourth-order valence-electron chi connectivity index (χ4n) is 0.439. The molecule has 0 radical (unpaired) electrons. The van der Waals surface area contributed by atoms with Crippen molar-refractivity contribution in [1.82, 2.24) is 14.9 Å². The molecular formula is C4H3Cl3N4O. The number of nitrogens with one attached hydrogen (secondary N) is 1. The van der Waals surface area contributed by atoms with E-state index in [1.165, 1.54) is 17.3 Å². The number of amides is 1. The largest absolute Gasteiger partial charge is 0.290 e. The van der Waals surface area contributed by atoms with Crippen LogP contribution in [0, 0.1) is 0 Å². The summed E-state index contributed by atoms with van der Waals surface area (Å²) in [5.41, 5.74) is 2.22. The fraction of sp³-hybridized carbons (Fsp3) is 0.250. The molecule has 0 aliphatic rings. The van der Waals surface area contributed by atoms with Crippen molar-refractivity contribution in [3.63, 3.8) is 0 Å². The van der Waals surface area contributed by atoms with Gasteiger partial charge in [0.2, 0.25) is 0 Å². The lowest BCUT2D eigenvalue weighted by molar-refractivity contribution is -0.116. The molecule has 1 heterocycles. The minimum absolute atomic E-state index is 0.771. The van der Waals surface area contributed by atoms with E-state index in [9.17, 15) is 4.79 Å². The van der Waals surface area contributed by atoms with Crippen molar-refractivity contribution >= 4 is 40.7 Å². The molecule has 0 bridgehead atoms. The number of hydrogen-bond acceptors (Lipinski definition) is 3. The molecule has 0 aromatic carbocycles. The highest BCUT2D eigenvalue weighted by Gasteiger charge is 2.30. The van der Waals surface area contributed by atoms with Crippen LogP contribution in [0.5, 0.6) is 0 Å². The average Bonchev–Trinajstić information content (AvgIpc) is 2.37. The standard InChI is InChI=1S/C4H3Cl3N4O/c5-4(6,7)3(12)10-11-1-8-9-2-11/h1-2H,(H,10,12). The van der Waals surface area contributed by atoms with Gasteiger partial charge in [-0.05, 0) is 0 Å². The van der Waals surface area contributed by atoms with Gasteiger partial charge < -0.3 is 0 Å². The lowest BCUT2D eigenvalue weighted by Crippen LogP contribution is -2.32. The van der Waals surface area contributed by atoms with E-state index in [0.29, 0.717) is 0 Å². The van der Waals surface area contributed by atoms with Crippen molar-refractivity contribution in [1.29, 1.82) is 0 Å². The normalized spacial score (nSPS) is 11.2. The lowest BCUT2D eigenvalue weighted by atomic mass is 10.7. The molecule has 0 atom stereocenters. The minimum Gasteiger partial charge on any atom is -0.268 e. The summed E-state index contributed by atoms with van der Waals surface area (Å²) in [5, 5.41) is 6.85. The maximum Gasteiger partial charge on any atom is 0.290 e. The first-order valence-corrected chi connectivity index (χ1v) is 3.86. The summed E-state index contributed by atoms with van der Waals surface area (Å²) in [7, 11) is 0. The van der Waals surface area contributed by atoms with Crippen LogP contribution in [-0.2, 0) is 4.79 Å². The van der Waals surface area contributed by atoms with Crippen LogP contribution in [0.15, 0.2) is 12.7 Å². The van der Waals surface area contributed by atoms with Gasteiger partial charge in [-0.1, -0.05) is 34.8 Å². The fourth-order valence-corrected chi connectivity index (χ4v) is 0.566. The zero-order chi connectivity index (χ0) is 9.19. The summed E-state index contributed by atoms with van der Waals surface area (Å²) < 4.78 is -0.811. The van der Waals surface area contributed by atoms with Crippen molar-refractivity contribution < 1.29 is 4.79 Å². The molecule has 0 fully saturated rings. The predicted octanol–water partition coefficient (Wildman–Crippen LogP) is 0.718. The number of halogens is 3. The number of rotatable bonds is 1. The van der Waals surface area contributed by atoms with Crippen molar-refractivity contribution in [2.75, 3.05) is 5.43 Å². The zero-order valence-corrected chi connectivity index (χ0v) is 7.81. The van der Waals surface area contributed by atoms with E-state index in [2.05, 4.69) is 15.6 Å². The van der Waals surface area contributed by atoms with E-state index < -0.39 is 9.70 Å². The maximum atomic E-state index is 10.9. The summed E-state index contributed by atoms with van der Waals surface area (Å²) in [4.78, 5) is 10.9. The van der Waals surface area contributed by atoms with Gasteiger partial charge in [-0.25, -0.2) is 4.68 Å². The number of nitrogens with zero attached hydrogens (tertiary/aromatic N) is 3. The van der Waals surface area contributed by atoms with Crippen LogP contribution in [0.4, 0.5) is 0 Å². The van der Waals surface area contributed by atoms with Crippen LogP contribution < -0.4 is 5.43 Å². The Labute approximate surface area is 82.6 Å². The minimum atomic E-state index is -1.98. The van der Waals surface area contributed by atoms with Crippen LogP contribution in [0.1, 0.15) is 0 Å². The first-order valence-electron chi connectivity index (χ1n) is 2.73. The predicted molar refractivity (Wildman–Crippen MR) is 44.7 cm³/mol. The van der Waals surface area contributed by atoms with Crippen LogP contribution >= 0.6 is 34.8 Å². The monoisotopic (exact) mass is 228 g/mol. The van der Waals surface area contributed by atoms with Gasteiger partial charge in [0.1, 0.15) is 12.7 Å². The van der Waals surface area contributed by atoms with Gasteiger partial charge in [0.15, 0.2) is 0 Å². The van der Waals surface area contributed by atoms with E-state index in [0.717, 1.165) is 0 Å². The third-order valence-corrected chi connectivity index (χ3v) is 1.42. The highest BCUT2D eigenvalue weighted by atomic mass is 35.6.